The first kappa shape index (κ1) is 27.0. The van der Waals surface area contributed by atoms with Crippen LogP contribution >= 0.6 is 11.8 Å². The van der Waals surface area contributed by atoms with Crippen LogP contribution in [-0.4, -0.2) is 46.7 Å². The number of carbonyl (C=O) groups excluding carboxylic acids is 1. The Morgan fingerprint density at radius 1 is 1.21 bits per heavy atom. The molecule has 2 unspecified atom stereocenters. The van der Waals surface area contributed by atoms with Crippen LogP contribution in [0.25, 0.3) is 11.0 Å². The fourth-order valence-corrected chi connectivity index (χ4v) is 9.58. The van der Waals surface area contributed by atoms with Crippen molar-refractivity contribution in [2.45, 2.75) is 57.1 Å². The second kappa shape index (κ2) is 9.25. The Morgan fingerprint density at radius 2 is 1.95 bits per heavy atom. The van der Waals surface area contributed by atoms with Crippen LogP contribution in [0.15, 0.2) is 41.7 Å². The van der Waals surface area contributed by atoms with E-state index in [1.165, 1.54) is 16.2 Å². The average molecular weight is 568 g/mol. The summed E-state index contributed by atoms with van der Waals surface area (Å²) in [5.74, 6) is 0.113. The summed E-state index contributed by atoms with van der Waals surface area (Å²) in [6.07, 6.45) is -1.33. The van der Waals surface area contributed by atoms with Gasteiger partial charge in [0.1, 0.15) is 11.5 Å². The standard InChI is InChI=1S/C26H28F3N3O4S2/c1-16-19(30-11-9-21(16)36-14-26(27,28)29)13-37-23-31-18-6-4-5-7-20(18)32(23)38(34,35)15-25-10-8-17(12-22(25)33)24(25,2)3/h4-7,9,11,17H,8,10,12-15H2,1-3H3. The lowest BCUT2D eigenvalue weighted by molar-refractivity contribution is -0.153. The first-order valence-electron chi connectivity index (χ1n) is 12.3. The third-order valence-corrected chi connectivity index (χ3v) is 11.2. The van der Waals surface area contributed by atoms with Gasteiger partial charge in [-0.25, -0.2) is 17.4 Å². The number of ether oxygens (including phenoxy) is 1. The number of halogens is 3. The second-order valence-electron chi connectivity index (χ2n) is 10.6. The number of aromatic nitrogens is 3. The Kier molecular flexibility index (Phi) is 6.57. The minimum atomic E-state index is -4.47. The second-order valence-corrected chi connectivity index (χ2v) is 13.4. The Labute approximate surface area is 223 Å². The molecule has 2 aliphatic carbocycles. The summed E-state index contributed by atoms with van der Waals surface area (Å²) < 4.78 is 72.1. The number of nitrogens with zero attached hydrogens (tertiary/aromatic N) is 3. The summed E-state index contributed by atoms with van der Waals surface area (Å²) >= 11 is 1.12. The molecule has 7 nitrogen and oxygen atoms in total. The number of para-hydroxylation sites is 2. The molecular weight excluding hydrogens is 539 g/mol. The number of rotatable bonds is 8. The van der Waals surface area contributed by atoms with Gasteiger partial charge in [-0.1, -0.05) is 37.7 Å². The zero-order chi connectivity index (χ0) is 27.5. The molecule has 2 saturated carbocycles. The van der Waals surface area contributed by atoms with Gasteiger partial charge in [0.05, 0.1) is 27.9 Å². The van der Waals surface area contributed by atoms with E-state index in [9.17, 15) is 26.4 Å². The molecule has 2 atom stereocenters. The first-order chi connectivity index (χ1) is 17.8. The molecule has 0 aliphatic heterocycles. The number of alkyl halides is 3. The normalized spacial score (nSPS) is 22.9. The molecule has 2 bridgehead atoms. The van der Waals surface area contributed by atoms with E-state index in [4.69, 9.17) is 4.74 Å². The topological polar surface area (TPSA) is 91.2 Å². The van der Waals surface area contributed by atoms with Crippen LogP contribution in [0.2, 0.25) is 0 Å². The number of benzene rings is 1. The van der Waals surface area contributed by atoms with Crippen LogP contribution in [0.1, 0.15) is 44.4 Å². The van der Waals surface area contributed by atoms with Crippen molar-refractivity contribution in [3.8, 4) is 5.75 Å². The molecule has 1 aromatic carbocycles. The van der Waals surface area contributed by atoms with Crippen LogP contribution < -0.4 is 4.74 Å². The van der Waals surface area contributed by atoms with Crippen molar-refractivity contribution >= 4 is 38.6 Å². The summed E-state index contributed by atoms with van der Waals surface area (Å²) in [6, 6.07) is 8.25. The van der Waals surface area contributed by atoms with E-state index >= 15 is 0 Å². The van der Waals surface area contributed by atoms with Gasteiger partial charge < -0.3 is 4.74 Å². The van der Waals surface area contributed by atoms with E-state index in [0.29, 0.717) is 35.1 Å². The number of hydrogen-bond acceptors (Lipinski definition) is 7. The number of imidazole rings is 1. The van der Waals surface area contributed by atoms with Crippen LogP contribution in [0.4, 0.5) is 13.2 Å². The van der Waals surface area contributed by atoms with Crippen molar-refractivity contribution in [1.29, 1.82) is 0 Å². The molecule has 5 rings (SSSR count). The smallest absolute Gasteiger partial charge is 0.422 e. The summed E-state index contributed by atoms with van der Waals surface area (Å²) in [5.41, 5.74) is 0.435. The lowest BCUT2D eigenvalue weighted by atomic mass is 9.70. The summed E-state index contributed by atoms with van der Waals surface area (Å²) in [6.45, 7) is 4.18. The van der Waals surface area contributed by atoms with Gasteiger partial charge in [0.25, 0.3) is 0 Å². The van der Waals surface area contributed by atoms with E-state index in [1.807, 2.05) is 13.8 Å². The highest BCUT2D eigenvalue weighted by molar-refractivity contribution is 7.99. The number of hydrogen-bond donors (Lipinski definition) is 0. The van der Waals surface area contributed by atoms with Gasteiger partial charge in [-0.2, -0.15) is 13.2 Å². The molecule has 2 fully saturated rings. The average Bonchev–Trinajstić information content (AvgIpc) is 3.38. The zero-order valence-electron chi connectivity index (χ0n) is 21.2. The molecule has 0 saturated heterocycles. The number of carbonyl (C=O) groups is 1. The van der Waals surface area contributed by atoms with Gasteiger partial charge in [-0.05, 0) is 49.3 Å². The van der Waals surface area contributed by atoms with Crippen LogP contribution in [0.5, 0.6) is 5.75 Å². The van der Waals surface area contributed by atoms with Crippen molar-refractivity contribution in [2.24, 2.45) is 16.7 Å². The number of ketones is 1. The molecule has 2 aromatic heterocycles. The van der Waals surface area contributed by atoms with Crippen LogP contribution in [0.3, 0.4) is 0 Å². The van der Waals surface area contributed by atoms with E-state index in [0.717, 1.165) is 18.2 Å². The highest BCUT2D eigenvalue weighted by Gasteiger charge is 2.65. The van der Waals surface area contributed by atoms with Gasteiger partial charge in [0, 0.05) is 23.9 Å². The predicted octanol–water partition coefficient (Wildman–Crippen LogP) is 5.55. The van der Waals surface area contributed by atoms with Crippen molar-refractivity contribution in [3.05, 3.63) is 47.8 Å². The molecule has 0 amide bonds. The molecule has 0 radical (unpaired) electrons. The molecule has 3 aromatic rings. The van der Waals surface area contributed by atoms with E-state index in [1.54, 1.807) is 31.2 Å². The van der Waals surface area contributed by atoms with E-state index in [2.05, 4.69) is 9.97 Å². The Bertz CT molecular complexity index is 1520. The highest BCUT2D eigenvalue weighted by atomic mass is 32.2. The largest absolute Gasteiger partial charge is 0.484 e. The monoisotopic (exact) mass is 567 g/mol. The third-order valence-electron chi connectivity index (χ3n) is 8.32. The number of pyridine rings is 1. The predicted molar refractivity (Wildman–Crippen MR) is 138 cm³/mol. The fraction of sp³-hybridized carbons (Fsp3) is 0.500. The number of Topliss-reactive ketones (excluding diaryl/α,β-unsaturated/α-hetero) is 1. The lowest BCUT2D eigenvalue weighted by Crippen LogP contribution is -2.43. The van der Waals surface area contributed by atoms with Gasteiger partial charge in [-0.15, -0.1) is 0 Å². The molecule has 12 heteroatoms. The molecule has 204 valence electrons. The van der Waals surface area contributed by atoms with Gasteiger partial charge >= 0.3 is 6.18 Å². The maximum Gasteiger partial charge on any atom is 0.422 e. The first-order valence-corrected chi connectivity index (χ1v) is 14.9. The molecule has 0 spiro atoms. The summed E-state index contributed by atoms with van der Waals surface area (Å²) in [4.78, 5) is 21.9. The van der Waals surface area contributed by atoms with Crippen molar-refractivity contribution in [2.75, 3.05) is 12.4 Å². The van der Waals surface area contributed by atoms with Crippen molar-refractivity contribution < 1.29 is 31.1 Å². The van der Waals surface area contributed by atoms with Gasteiger partial charge in [0.2, 0.25) is 10.0 Å². The Hall–Kier alpha value is -2.60. The molecule has 38 heavy (non-hydrogen) atoms. The molecule has 2 heterocycles. The number of thioether (sulfide) groups is 1. The maximum atomic E-state index is 14.0. The molecule has 0 N–H and O–H groups in total. The van der Waals surface area contributed by atoms with Gasteiger partial charge in [0.15, 0.2) is 11.8 Å². The molecular formula is C26H28F3N3O4S2. The SMILES string of the molecule is Cc1c(OCC(F)(F)F)ccnc1CSc1nc2ccccc2n1S(=O)(=O)CC12CCC(CC1=O)C2(C)C. The third kappa shape index (κ3) is 4.49. The summed E-state index contributed by atoms with van der Waals surface area (Å²) in [7, 11) is -4.01. The Balaban J connectivity index is 1.47. The zero-order valence-corrected chi connectivity index (χ0v) is 22.8. The summed E-state index contributed by atoms with van der Waals surface area (Å²) in [5, 5.41) is 0.211. The fourth-order valence-electron chi connectivity index (χ4n) is 5.98. The lowest BCUT2D eigenvalue weighted by Gasteiger charge is -2.36. The minimum absolute atomic E-state index is 0.0106. The van der Waals surface area contributed by atoms with E-state index in [-0.39, 0.29) is 34.1 Å². The number of fused-ring (bicyclic) bond motifs is 3. The van der Waals surface area contributed by atoms with Crippen molar-refractivity contribution in [1.82, 2.24) is 13.9 Å². The van der Waals surface area contributed by atoms with Crippen LogP contribution in [-0.2, 0) is 20.6 Å². The quantitative estimate of drug-likeness (QED) is 0.330. The highest BCUT2D eigenvalue weighted by Crippen LogP contribution is 2.64. The minimum Gasteiger partial charge on any atom is -0.484 e. The van der Waals surface area contributed by atoms with Crippen LogP contribution in [0, 0.1) is 23.7 Å². The van der Waals surface area contributed by atoms with E-state index < -0.39 is 33.6 Å². The molecule has 2 aliphatic rings. The van der Waals surface area contributed by atoms with Gasteiger partial charge in [-0.3, -0.25) is 9.78 Å². The Morgan fingerprint density at radius 3 is 2.61 bits per heavy atom. The van der Waals surface area contributed by atoms with Crippen molar-refractivity contribution in [3.63, 3.8) is 0 Å². The maximum absolute atomic E-state index is 14.0.